The third-order valence-corrected chi connectivity index (χ3v) is 4.81. The molecule has 0 atom stereocenters. The number of carboxylic acid groups (broad SMARTS) is 1. The zero-order valence-corrected chi connectivity index (χ0v) is 13.6. The van der Waals surface area contributed by atoms with Crippen LogP contribution in [0.15, 0.2) is 41.3 Å². The van der Waals surface area contributed by atoms with Crippen LogP contribution >= 0.6 is 0 Å². The summed E-state index contributed by atoms with van der Waals surface area (Å²) in [6.45, 7) is 2.43. The molecule has 124 valence electrons. The highest BCUT2D eigenvalue weighted by atomic mass is 32.2. The standard InChI is InChI=1S/C16H19NO5S/c1-2-22-14-9-10-15(13-7-4-3-6-12(13)14)23(20,21)17-11-5-8-16(18)19/h3-4,6-7,9-10,17H,2,5,8,11H2,1H3,(H,18,19). The van der Waals surface area contributed by atoms with E-state index in [-0.39, 0.29) is 24.3 Å². The maximum atomic E-state index is 12.5. The Balaban J connectivity index is 2.32. The molecular weight excluding hydrogens is 318 g/mol. The maximum absolute atomic E-state index is 12.5. The summed E-state index contributed by atoms with van der Waals surface area (Å²) >= 11 is 0. The molecule has 0 bridgehead atoms. The van der Waals surface area contributed by atoms with Gasteiger partial charge in [0.05, 0.1) is 11.5 Å². The van der Waals surface area contributed by atoms with Gasteiger partial charge in [-0.15, -0.1) is 0 Å². The third-order valence-electron chi connectivity index (χ3n) is 3.29. The molecule has 0 unspecified atom stereocenters. The number of benzene rings is 2. The van der Waals surface area contributed by atoms with Crippen LogP contribution in [0.4, 0.5) is 0 Å². The van der Waals surface area contributed by atoms with Crippen LogP contribution < -0.4 is 9.46 Å². The van der Waals surface area contributed by atoms with E-state index < -0.39 is 16.0 Å². The van der Waals surface area contributed by atoms with Gasteiger partial charge in [0.25, 0.3) is 0 Å². The quantitative estimate of drug-likeness (QED) is 0.722. The van der Waals surface area contributed by atoms with E-state index in [1.54, 1.807) is 18.2 Å². The van der Waals surface area contributed by atoms with E-state index in [1.807, 2.05) is 19.1 Å². The first-order valence-corrected chi connectivity index (χ1v) is 8.80. The lowest BCUT2D eigenvalue weighted by molar-refractivity contribution is -0.137. The van der Waals surface area contributed by atoms with Crippen LogP contribution in [0.25, 0.3) is 10.8 Å². The molecule has 0 aromatic heterocycles. The Morgan fingerprint density at radius 1 is 1.17 bits per heavy atom. The predicted octanol–water partition coefficient (Wildman–Crippen LogP) is 2.38. The number of aliphatic carboxylic acids is 1. The number of rotatable bonds is 8. The Morgan fingerprint density at radius 3 is 2.52 bits per heavy atom. The molecule has 0 spiro atoms. The lowest BCUT2D eigenvalue weighted by Crippen LogP contribution is -2.25. The van der Waals surface area contributed by atoms with Crippen LogP contribution in [0.1, 0.15) is 19.8 Å². The first kappa shape index (κ1) is 17.2. The van der Waals surface area contributed by atoms with E-state index in [0.717, 1.165) is 5.39 Å². The Morgan fingerprint density at radius 2 is 1.87 bits per heavy atom. The van der Waals surface area contributed by atoms with E-state index in [1.165, 1.54) is 6.07 Å². The average molecular weight is 337 g/mol. The number of nitrogens with one attached hydrogen (secondary N) is 1. The van der Waals surface area contributed by atoms with Gasteiger partial charge in [0, 0.05) is 23.7 Å². The van der Waals surface area contributed by atoms with Crippen molar-refractivity contribution in [3.05, 3.63) is 36.4 Å². The highest BCUT2D eigenvalue weighted by Gasteiger charge is 2.18. The molecule has 6 nitrogen and oxygen atoms in total. The molecule has 0 fully saturated rings. The molecular formula is C16H19NO5S. The van der Waals surface area contributed by atoms with Crippen molar-refractivity contribution in [1.29, 1.82) is 0 Å². The number of fused-ring (bicyclic) bond motifs is 1. The van der Waals surface area contributed by atoms with Gasteiger partial charge in [0.1, 0.15) is 5.75 Å². The number of ether oxygens (including phenoxy) is 1. The minimum absolute atomic E-state index is 0.0768. The topological polar surface area (TPSA) is 92.7 Å². The van der Waals surface area contributed by atoms with Crippen molar-refractivity contribution in [2.45, 2.75) is 24.7 Å². The molecule has 0 heterocycles. The van der Waals surface area contributed by atoms with Crippen molar-refractivity contribution in [3.8, 4) is 5.75 Å². The monoisotopic (exact) mass is 337 g/mol. The highest BCUT2D eigenvalue weighted by molar-refractivity contribution is 7.89. The number of hydrogen-bond acceptors (Lipinski definition) is 4. The highest BCUT2D eigenvalue weighted by Crippen LogP contribution is 2.30. The van der Waals surface area contributed by atoms with Gasteiger partial charge < -0.3 is 9.84 Å². The van der Waals surface area contributed by atoms with Gasteiger partial charge in [-0.2, -0.15) is 0 Å². The van der Waals surface area contributed by atoms with Crippen LogP contribution in [0.3, 0.4) is 0 Å². The molecule has 0 amide bonds. The Labute approximate surface area is 135 Å². The van der Waals surface area contributed by atoms with Crippen LogP contribution in [0.2, 0.25) is 0 Å². The minimum atomic E-state index is -3.72. The Hall–Kier alpha value is -2.12. The van der Waals surface area contributed by atoms with Gasteiger partial charge in [-0.05, 0) is 25.5 Å². The number of carboxylic acids is 1. The lowest BCUT2D eigenvalue weighted by Gasteiger charge is -2.12. The van der Waals surface area contributed by atoms with Crippen LogP contribution in [0.5, 0.6) is 5.75 Å². The molecule has 0 radical (unpaired) electrons. The summed E-state index contributed by atoms with van der Waals surface area (Å²) < 4.78 is 32.9. The van der Waals surface area contributed by atoms with Crippen molar-refractivity contribution >= 4 is 26.8 Å². The molecule has 0 aliphatic carbocycles. The van der Waals surface area contributed by atoms with Gasteiger partial charge in [0.15, 0.2) is 0 Å². The van der Waals surface area contributed by atoms with Gasteiger partial charge in [-0.1, -0.05) is 24.3 Å². The normalized spacial score (nSPS) is 11.5. The fourth-order valence-electron chi connectivity index (χ4n) is 2.28. The minimum Gasteiger partial charge on any atom is -0.493 e. The second-order valence-electron chi connectivity index (χ2n) is 4.94. The van der Waals surface area contributed by atoms with Crippen LogP contribution in [0, 0.1) is 0 Å². The summed E-state index contributed by atoms with van der Waals surface area (Å²) in [6.07, 6.45) is 0.163. The van der Waals surface area contributed by atoms with Crippen molar-refractivity contribution in [1.82, 2.24) is 4.72 Å². The summed E-state index contributed by atoms with van der Waals surface area (Å²) in [4.78, 5) is 10.6. The Bertz CT molecular complexity index is 801. The van der Waals surface area contributed by atoms with E-state index in [9.17, 15) is 13.2 Å². The maximum Gasteiger partial charge on any atom is 0.303 e. The molecule has 23 heavy (non-hydrogen) atoms. The molecule has 2 rings (SSSR count). The second-order valence-corrected chi connectivity index (χ2v) is 6.67. The number of carbonyl (C=O) groups is 1. The van der Waals surface area contributed by atoms with Crippen molar-refractivity contribution in [2.75, 3.05) is 13.2 Å². The largest absolute Gasteiger partial charge is 0.493 e. The van der Waals surface area contributed by atoms with E-state index in [4.69, 9.17) is 9.84 Å². The first-order valence-electron chi connectivity index (χ1n) is 7.31. The van der Waals surface area contributed by atoms with E-state index in [0.29, 0.717) is 17.7 Å². The van der Waals surface area contributed by atoms with Crippen molar-refractivity contribution < 1.29 is 23.1 Å². The molecule has 0 saturated carbocycles. The van der Waals surface area contributed by atoms with Crippen molar-refractivity contribution in [3.63, 3.8) is 0 Å². The number of sulfonamides is 1. The first-order chi connectivity index (χ1) is 11.0. The summed E-state index contributed by atoms with van der Waals surface area (Å²) in [5.74, 6) is -0.316. The van der Waals surface area contributed by atoms with E-state index >= 15 is 0 Å². The summed E-state index contributed by atoms with van der Waals surface area (Å²) in [6, 6.07) is 10.3. The van der Waals surface area contributed by atoms with Crippen LogP contribution in [-0.2, 0) is 14.8 Å². The van der Waals surface area contributed by atoms with Gasteiger partial charge in [-0.25, -0.2) is 13.1 Å². The van der Waals surface area contributed by atoms with Gasteiger partial charge in [-0.3, -0.25) is 4.79 Å². The zero-order chi connectivity index (χ0) is 16.9. The Kier molecular flexibility index (Phi) is 5.57. The molecule has 2 aromatic rings. The van der Waals surface area contributed by atoms with Gasteiger partial charge in [0.2, 0.25) is 10.0 Å². The SMILES string of the molecule is CCOc1ccc(S(=O)(=O)NCCCC(=O)O)c2ccccc12. The van der Waals surface area contributed by atoms with Crippen molar-refractivity contribution in [2.24, 2.45) is 0 Å². The smallest absolute Gasteiger partial charge is 0.303 e. The lowest BCUT2D eigenvalue weighted by atomic mass is 10.1. The third kappa shape index (κ3) is 4.20. The fraction of sp³-hybridized carbons (Fsp3) is 0.312. The van der Waals surface area contributed by atoms with Gasteiger partial charge >= 0.3 is 5.97 Å². The fourth-order valence-corrected chi connectivity index (χ4v) is 3.57. The number of hydrogen-bond donors (Lipinski definition) is 2. The molecule has 0 aliphatic rings. The molecule has 7 heteroatoms. The summed E-state index contributed by atoms with van der Waals surface area (Å²) in [5, 5.41) is 9.89. The molecule has 0 aliphatic heterocycles. The molecule has 0 saturated heterocycles. The second kappa shape index (κ2) is 7.43. The predicted molar refractivity (Wildman–Crippen MR) is 87.2 cm³/mol. The van der Waals surface area contributed by atoms with Crippen LogP contribution in [-0.4, -0.2) is 32.6 Å². The van der Waals surface area contributed by atoms with E-state index in [2.05, 4.69) is 4.72 Å². The average Bonchev–Trinajstić information content (AvgIpc) is 2.52. The summed E-state index contributed by atoms with van der Waals surface area (Å²) in [7, 11) is -3.72. The summed E-state index contributed by atoms with van der Waals surface area (Å²) in [5.41, 5.74) is 0. The molecule has 2 N–H and O–H groups in total. The zero-order valence-electron chi connectivity index (χ0n) is 12.8. The molecule has 2 aromatic carbocycles.